The molecule has 0 bridgehead atoms. The maximum atomic E-state index is 13.0. The Bertz CT molecular complexity index is 475. The number of unbranched alkanes of at least 4 members (excludes halogenated alkanes) is 1. The topological polar surface area (TPSA) is 78.9 Å². The number of esters is 3. The van der Waals surface area contributed by atoms with Crippen LogP contribution >= 0.6 is 0 Å². The molecule has 0 aromatic rings. The van der Waals surface area contributed by atoms with Crippen LogP contribution < -0.4 is 0 Å². The van der Waals surface area contributed by atoms with Gasteiger partial charge < -0.3 is 14.2 Å². The highest BCUT2D eigenvalue weighted by atomic mass is 16.6. The minimum Gasteiger partial charge on any atom is -0.466 e. The van der Waals surface area contributed by atoms with Crippen molar-refractivity contribution in [3.63, 3.8) is 0 Å². The monoisotopic (exact) mass is 370 g/mol. The van der Waals surface area contributed by atoms with Gasteiger partial charge in [-0.3, -0.25) is 14.4 Å². The molecule has 2 atom stereocenters. The summed E-state index contributed by atoms with van der Waals surface area (Å²) in [4.78, 5) is 37.3. The van der Waals surface area contributed by atoms with E-state index in [-0.39, 0.29) is 24.7 Å². The molecular weight excluding hydrogens is 336 g/mol. The molecule has 2 unspecified atom stereocenters. The average Bonchev–Trinajstić information content (AvgIpc) is 2.89. The zero-order valence-electron chi connectivity index (χ0n) is 17.0. The van der Waals surface area contributed by atoms with Gasteiger partial charge >= 0.3 is 17.9 Å². The van der Waals surface area contributed by atoms with Crippen molar-refractivity contribution in [1.29, 1.82) is 0 Å². The van der Waals surface area contributed by atoms with Gasteiger partial charge in [-0.2, -0.15) is 0 Å². The second-order valence-electron chi connectivity index (χ2n) is 7.83. The van der Waals surface area contributed by atoms with Crippen molar-refractivity contribution in [3.05, 3.63) is 0 Å². The lowest BCUT2D eigenvalue weighted by atomic mass is 9.77. The van der Waals surface area contributed by atoms with Gasteiger partial charge in [0.15, 0.2) is 5.41 Å². The van der Waals surface area contributed by atoms with Crippen LogP contribution in [-0.4, -0.2) is 36.7 Å². The number of hydrogen-bond donors (Lipinski definition) is 0. The summed E-state index contributed by atoms with van der Waals surface area (Å²) in [6.45, 7) is 10.5. The fourth-order valence-corrected chi connectivity index (χ4v) is 3.67. The second-order valence-corrected chi connectivity index (χ2v) is 7.83. The molecular formula is C20H34O6. The van der Waals surface area contributed by atoms with Crippen LogP contribution in [0.1, 0.15) is 73.6 Å². The largest absolute Gasteiger partial charge is 0.466 e. The van der Waals surface area contributed by atoms with Gasteiger partial charge in [0.1, 0.15) is 0 Å². The van der Waals surface area contributed by atoms with Crippen LogP contribution in [0.25, 0.3) is 0 Å². The zero-order chi connectivity index (χ0) is 19.9. The number of rotatable bonds is 9. The van der Waals surface area contributed by atoms with Crippen LogP contribution in [0, 0.1) is 17.3 Å². The Labute approximate surface area is 156 Å². The van der Waals surface area contributed by atoms with Crippen LogP contribution in [0.4, 0.5) is 0 Å². The molecule has 1 aliphatic rings. The van der Waals surface area contributed by atoms with Crippen LogP contribution in [0.3, 0.4) is 0 Å². The highest BCUT2D eigenvalue weighted by Gasteiger charge is 2.60. The van der Waals surface area contributed by atoms with E-state index in [2.05, 4.69) is 6.92 Å². The number of carbonyl (C=O) groups is 3. The molecule has 150 valence electrons. The summed E-state index contributed by atoms with van der Waals surface area (Å²) >= 11 is 0. The molecule has 0 amide bonds. The Morgan fingerprint density at radius 2 is 1.58 bits per heavy atom. The molecule has 0 aromatic heterocycles. The molecule has 1 rings (SSSR count). The molecule has 0 saturated heterocycles. The minimum absolute atomic E-state index is 0.0261. The van der Waals surface area contributed by atoms with E-state index in [1.54, 1.807) is 27.7 Å². The lowest BCUT2D eigenvalue weighted by molar-refractivity contribution is -0.183. The van der Waals surface area contributed by atoms with Crippen LogP contribution in [0.15, 0.2) is 0 Å². The summed E-state index contributed by atoms with van der Waals surface area (Å²) in [7, 11) is 0. The van der Waals surface area contributed by atoms with E-state index < -0.39 is 29.2 Å². The van der Waals surface area contributed by atoms with Gasteiger partial charge in [-0.05, 0) is 46.5 Å². The lowest BCUT2D eigenvalue weighted by Gasteiger charge is -2.32. The summed E-state index contributed by atoms with van der Waals surface area (Å²) in [6, 6.07) is 0. The average molecular weight is 370 g/mol. The van der Waals surface area contributed by atoms with E-state index in [0.29, 0.717) is 12.8 Å². The molecule has 1 aliphatic carbocycles. The van der Waals surface area contributed by atoms with Crippen LogP contribution in [-0.2, 0) is 28.6 Å². The van der Waals surface area contributed by atoms with Crippen LogP contribution in [0.2, 0.25) is 0 Å². The van der Waals surface area contributed by atoms with Gasteiger partial charge in [-0.25, -0.2) is 0 Å². The molecule has 6 heteroatoms. The van der Waals surface area contributed by atoms with Gasteiger partial charge in [0.25, 0.3) is 0 Å². The maximum absolute atomic E-state index is 13.0. The second kappa shape index (κ2) is 9.93. The smallest absolute Gasteiger partial charge is 0.324 e. The summed E-state index contributed by atoms with van der Waals surface area (Å²) in [5, 5.41) is 0. The summed E-state index contributed by atoms with van der Waals surface area (Å²) < 4.78 is 16.1. The Morgan fingerprint density at radius 3 is 2.00 bits per heavy atom. The number of hydrogen-bond acceptors (Lipinski definition) is 6. The van der Waals surface area contributed by atoms with Crippen molar-refractivity contribution < 1.29 is 28.6 Å². The van der Waals surface area contributed by atoms with Gasteiger partial charge in [0.05, 0.1) is 18.8 Å². The zero-order valence-corrected chi connectivity index (χ0v) is 17.0. The highest BCUT2D eigenvalue weighted by Crippen LogP contribution is 2.50. The van der Waals surface area contributed by atoms with Gasteiger partial charge in [-0.1, -0.05) is 26.2 Å². The SMILES string of the molecule is CCCCC1CC(COC(C)=O)C(C(=O)OC(C)C)(C(=O)OC(C)C)C1. The quantitative estimate of drug-likeness (QED) is 0.350. The molecule has 1 fully saturated rings. The summed E-state index contributed by atoms with van der Waals surface area (Å²) in [5.74, 6) is -1.77. The third-order valence-corrected chi connectivity index (χ3v) is 4.79. The molecule has 0 spiro atoms. The lowest BCUT2D eigenvalue weighted by Crippen LogP contribution is -2.48. The highest BCUT2D eigenvalue weighted by molar-refractivity contribution is 6.01. The summed E-state index contributed by atoms with van der Waals surface area (Å²) in [6.07, 6.45) is 3.36. The Hall–Kier alpha value is -1.59. The molecule has 6 nitrogen and oxygen atoms in total. The van der Waals surface area contributed by atoms with E-state index >= 15 is 0 Å². The standard InChI is InChI=1S/C20H34O6/c1-7-8-9-16-10-17(12-24-15(6)21)20(11-16,18(22)25-13(2)3)19(23)26-14(4)5/h13-14,16-17H,7-12H2,1-6H3. The third kappa shape index (κ3) is 5.71. The van der Waals surface area contributed by atoms with Crippen molar-refractivity contribution in [2.45, 2.75) is 85.9 Å². The minimum atomic E-state index is -1.40. The van der Waals surface area contributed by atoms with E-state index in [0.717, 1.165) is 19.3 Å². The third-order valence-electron chi connectivity index (χ3n) is 4.79. The first-order valence-electron chi connectivity index (χ1n) is 9.68. The fourth-order valence-electron chi connectivity index (χ4n) is 3.67. The van der Waals surface area contributed by atoms with E-state index in [1.807, 2.05) is 0 Å². The molecule has 0 aliphatic heterocycles. The first-order chi connectivity index (χ1) is 12.1. The fraction of sp³-hybridized carbons (Fsp3) is 0.850. The van der Waals surface area contributed by atoms with Crippen molar-refractivity contribution in [1.82, 2.24) is 0 Å². The number of ether oxygens (including phenoxy) is 3. The Balaban J connectivity index is 3.20. The van der Waals surface area contributed by atoms with Gasteiger partial charge in [0.2, 0.25) is 0 Å². The van der Waals surface area contributed by atoms with Crippen molar-refractivity contribution in [2.24, 2.45) is 17.3 Å². The van der Waals surface area contributed by atoms with Gasteiger partial charge in [-0.15, -0.1) is 0 Å². The van der Waals surface area contributed by atoms with E-state index in [4.69, 9.17) is 14.2 Å². The Morgan fingerprint density at radius 1 is 1.04 bits per heavy atom. The molecule has 1 saturated carbocycles. The molecule has 0 heterocycles. The molecule has 0 aromatic carbocycles. The van der Waals surface area contributed by atoms with Crippen molar-refractivity contribution in [3.8, 4) is 0 Å². The molecule has 0 N–H and O–H groups in total. The Kier molecular flexibility index (Phi) is 8.57. The summed E-state index contributed by atoms with van der Waals surface area (Å²) in [5.41, 5.74) is -1.40. The first-order valence-corrected chi connectivity index (χ1v) is 9.68. The van der Waals surface area contributed by atoms with Crippen molar-refractivity contribution in [2.75, 3.05) is 6.61 Å². The van der Waals surface area contributed by atoms with Gasteiger partial charge in [0, 0.05) is 12.8 Å². The van der Waals surface area contributed by atoms with Crippen LogP contribution in [0.5, 0.6) is 0 Å². The van der Waals surface area contributed by atoms with E-state index in [1.165, 1.54) is 6.92 Å². The molecule has 26 heavy (non-hydrogen) atoms. The van der Waals surface area contributed by atoms with Crippen molar-refractivity contribution >= 4 is 17.9 Å². The number of carbonyl (C=O) groups excluding carboxylic acids is 3. The predicted molar refractivity (Wildman–Crippen MR) is 97.3 cm³/mol. The maximum Gasteiger partial charge on any atom is 0.324 e. The van der Waals surface area contributed by atoms with E-state index in [9.17, 15) is 14.4 Å². The normalized spacial score (nSPS) is 21.7. The molecule has 0 radical (unpaired) electrons. The first kappa shape index (κ1) is 22.5. The predicted octanol–water partition coefficient (Wildman–Crippen LogP) is 3.66.